The van der Waals surface area contributed by atoms with Gasteiger partial charge in [-0.15, -0.1) is 5.10 Å². The number of hydrogen-bond acceptors (Lipinski definition) is 6. The largest absolute Gasteiger partial charge is 0.489 e. The van der Waals surface area contributed by atoms with Crippen LogP contribution >= 0.6 is 11.6 Å². The number of benzene rings is 2. The van der Waals surface area contributed by atoms with E-state index >= 15 is 0 Å². The molecule has 38 heavy (non-hydrogen) atoms. The number of nitriles is 1. The van der Waals surface area contributed by atoms with E-state index in [2.05, 4.69) is 20.4 Å². The van der Waals surface area contributed by atoms with E-state index in [1.54, 1.807) is 50.2 Å². The highest BCUT2D eigenvalue weighted by atomic mass is 35.5. The summed E-state index contributed by atoms with van der Waals surface area (Å²) >= 11 is 5.96. The molecule has 0 radical (unpaired) electrons. The normalized spacial score (nSPS) is 12.0. The number of pyridine rings is 1. The Hall–Kier alpha value is -4.43. The first-order valence-corrected chi connectivity index (χ1v) is 11.6. The van der Waals surface area contributed by atoms with Gasteiger partial charge in [0, 0.05) is 16.8 Å². The number of carbonyl (C=O) groups excluding carboxylic acids is 1. The zero-order valence-corrected chi connectivity index (χ0v) is 20.9. The highest BCUT2D eigenvalue weighted by Crippen LogP contribution is 2.33. The van der Waals surface area contributed by atoms with Crippen LogP contribution in [0.5, 0.6) is 5.75 Å². The molecule has 0 unspecified atom stereocenters. The fourth-order valence-electron chi connectivity index (χ4n) is 3.57. The van der Waals surface area contributed by atoms with Gasteiger partial charge in [0.1, 0.15) is 24.3 Å². The molecule has 2 heterocycles. The van der Waals surface area contributed by atoms with Crippen LogP contribution in [0, 0.1) is 18.3 Å². The Morgan fingerprint density at radius 3 is 2.66 bits per heavy atom. The van der Waals surface area contributed by atoms with Crippen molar-refractivity contribution >= 4 is 17.5 Å². The van der Waals surface area contributed by atoms with Crippen LogP contribution in [0.1, 0.15) is 51.7 Å². The van der Waals surface area contributed by atoms with Crippen molar-refractivity contribution < 1.29 is 22.7 Å². The maximum Gasteiger partial charge on any atom is 0.416 e. The number of halogens is 4. The molecule has 0 aliphatic heterocycles. The standard InChI is InChI=1S/C26H20ClF3N6O2/c1-15(24-34-16(2)35-36(24)23-7-6-18(12-31)13-32-23)33-25(37)19-9-20(26(28,29)30)11-22(10-19)38-14-17-4-3-5-21(27)8-17/h3-11,13,15H,14H2,1-2H3,(H,33,37)/t15-/m0/s1. The number of hydrogen-bond donors (Lipinski definition) is 1. The summed E-state index contributed by atoms with van der Waals surface area (Å²) < 4.78 is 47.8. The van der Waals surface area contributed by atoms with E-state index in [4.69, 9.17) is 21.6 Å². The molecule has 194 valence electrons. The molecular formula is C26H20ClF3N6O2. The maximum atomic E-state index is 13.6. The van der Waals surface area contributed by atoms with Crippen molar-refractivity contribution in [3.63, 3.8) is 0 Å². The van der Waals surface area contributed by atoms with Gasteiger partial charge in [-0.2, -0.15) is 23.1 Å². The Morgan fingerprint density at radius 1 is 1.21 bits per heavy atom. The molecule has 0 aliphatic rings. The van der Waals surface area contributed by atoms with Gasteiger partial charge in [0.05, 0.1) is 17.2 Å². The molecule has 12 heteroatoms. The van der Waals surface area contributed by atoms with Crippen molar-refractivity contribution in [2.45, 2.75) is 32.7 Å². The van der Waals surface area contributed by atoms with Gasteiger partial charge >= 0.3 is 6.18 Å². The van der Waals surface area contributed by atoms with Crippen molar-refractivity contribution in [3.05, 3.63) is 99.7 Å². The van der Waals surface area contributed by atoms with Crippen LogP contribution in [-0.4, -0.2) is 25.7 Å². The predicted molar refractivity (Wildman–Crippen MR) is 132 cm³/mol. The van der Waals surface area contributed by atoms with Crippen LogP contribution in [-0.2, 0) is 12.8 Å². The average molecular weight is 541 g/mol. The van der Waals surface area contributed by atoms with E-state index in [9.17, 15) is 18.0 Å². The summed E-state index contributed by atoms with van der Waals surface area (Å²) in [5.41, 5.74) is -0.265. The lowest BCUT2D eigenvalue weighted by molar-refractivity contribution is -0.137. The van der Waals surface area contributed by atoms with Crippen molar-refractivity contribution in [2.24, 2.45) is 0 Å². The van der Waals surface area contributed by atoms with Crippen LogP contribution in [0.15, 0.2) is 60.8 Å². The number of nitrogens with zero attached hydrogens (tertiary/aromatic N) is 5. The van der Waals surface area contributed by atoms with Crippen LogP contribution in [0.2, 0.25) is 5.02 Å². The van der Waals surface area contributed by atoms with Crippen LogP contribution in [0.4, 0.5) is 13.2 Å². The third kappa shape index (κ3) is 6.27. The first-order valence-electron chi connectivity index (χ1n) is 11.2. The topological polar surface area (TPSA) is 106 Å². The van der Waals surface area contributed by atoms with Gasteiger partial charge in [-0.25, -0.2) is 9.97 Å². The van der Waals surface area contributed by atoms with Gasteiger partial charge in [-0.1, -0.05) is 23.7 Å². The third-order valence-corrected chi connectivity index (χ3v) is 5.59. The first kappa shape index (κ1) is 26.6. The van der Waals surface area contributed by atoms with Crippen LogP contribution < -0.4 is 10.1 Å². The van der Waals surface area contributed by atoms with E-state index in [0.29, 0.717) is 33.6 Å². The SMILES string of the molecule is Cc1nc([C@H](C)NC(=O)c2cc(OCc3cccc(Cl)c3)cc(C(F)(F)F)c2)n(-c2ccc(C#N)cn2)n1. The lowest BCUT2D eigenvalue weighted by Crippen LogP contribution is -2.29. The molecule has 0 spiro atoms. The minimum Gasteiger partial charge on any atom is -0.489 e. The lowest BCUT2D eigenvalue weighted by Gasteiger charge is -2.16. The monoisotopic (exact) mass is 540 g/mol. The zero-order valence-electron chi connectivity index (χ0n) is 20.1. The maximum absolute atomic E-state index is 13.6. The minimum absolute atomic E-state index is 0.0424. The number of amides is 1. The number of rotatable bonds is 7. The van der Waals surface area contributed by atoms with Crippen molar-refractivity contribution in [3.8, 4) is 17.6 Å². The zero-order chi connectivity index (χ0) is 27.4. The Bertz CT molecular complexity index is 1510. The summed E-state index contributed by atoms with van der Waals surface area (Å²) in [5.74, 6) is 0.159. The molecule has 0 fully saturated rings. The lowest BCUT2D eigenvalue weighted by atomic mass is 10.1. The molecular weight excluding hydrogens is 521 g/mol. The quantitative estimate of drug-likeness (QED) is 0.328. The molecule has 0 bridgehead atoms. The van der Waals surface area contributed by atoms with E-state index in [1.165, 1.54) is 16.9 Å². The molecule has 1 amide bonds. The van der Waals surface area contributed by atoms with Crippen LogP contribution in [0.25, 0.3) is 5.82 Å². The fraction of sp³-hybridized carbons (Fsp3) is 0.192. The number of aryl methyl sites for hydroxylation is 1. The molecule has 0 saturated heterocycles. The van der Waals surface area contributed by atoms with Gasteiger partial charge < -0.3 is 10.1 Å². The van der Waals surface area contributed by atoms with Gasteiger partial charge in [-0.3, -0.25) is 4.79 Å². The number of ether oxygens (including phenoxy) is 1. The summed E-state index contributed by atoms with van der Waals surface area (Å²) in [5, 5.41) is 16.4. The molecule has 4 rings (SSSR count). The van der Waals surface area contributed by atoms with E-state index < -0.39 is 23.7 Å². The number of carbonyl (C=O) groups is 1. The van der Waals surface area contributed by atoms with E-state index in [0.717, 1.165) is 12.1 Å². The average Bonchev–Trinajstić information content (AvgIpc) is 3.28. The Labute approximate surface area is 220 Å². The van der Waals surface area contributed by atoms with Gasteiger partial charge in [-0.05, 0) is 61.9 Å². The van der Waals surface area contributed by atoms with E-state index in [-0.39, 0.29) is 17.9 Å². The smallest absolute Gasteiger partial charge is 0.416 e. The second-order valence-corrected chi connectivity index (χ2v) is 8.74. The Morgan fingerprint density at radius 2 is 2.00 bits per heavy atom. The second-order valence-electron chi connectivity index (χ2n) is 8.30. The fourth-order valence-corrected chi connectivity index (χ4v) is 3.79. The Kier molecular flexibility index (Phi) is 7.64. The summed E-state index contributed by atoms with van der Waals surface area (Å²) in [7, 11) is 0. The van der Waals surface area contributed by atoms with E-state index in [1.807, 2.05) is 6.07 Å². The molecule has 2 aromatic heterocycles. The molecule has 2 aromatic carbocycles. The second kappa shape index (κ2) is 10.9. The summed E-state index contributed by atoms with van der Waals surface area (Å²) in [6.45, 7) is 3.22. The molecule has 8 nitrogen and oxygen atoms in total. The molecule has 1 atom stereocenters. The molecule has 0 saturated carbocycles. The third-order valence-electron chi connectivity index (χ3n) is 5.36. The number of alkyl halides is 3. The van der Waals surface area contributed by atoms with Crippen LogP contribution in [0.3, 0.4) is 0 Å². The summed E-state index contributed by atoms with van der Waals surface area (Å²) in [6.07, 6.45) is -3.33. The molecule has 4 aromatic rings. The van der Waals surface area contributed by atoms with Crippen molar-refractivity contribution in [1.29, 1.82) is 5.26 Å². The van der Waals surface area contributed by atoms with Gasteiger partial charge in [0.25, 0.3) is 5.91 Å². The van der Waals surface area contributed by atoms with Crippen molar-refractivity contribution in [1.82, 2.24) is 25.1 Å². The van der Waals surface area contributed by atoms with Crippen molar-refractivity contribution in [2.75, 3.05) is 0 Å². The highest BCUT2D eigenvalue weighted by Gasteiger charge is 2.32. The highest BCUT2D eigenvalue weighted by molar-refractivity contribution is 6.30. The van der Waals surface area contributed by atoms with Gasteiger partial charge in [0.15, 0.2) is 11.6 Å². The Balaban J connectivity index is 1.58. The summed E-state index contributed by atoms with van der Waals surface area (Å²) in [6, 6.07) is 13.9. The molecule has 1 N–H and O–H groups in total. The predicted octanol–water partition coefficient (Wildman–Crippen LogP) is 5.58. The van der Waals surface area contributed by atoms with Gasteiger partial charge in [0.2, 0.25) is 0 Å². The molecule has 0 aliphatic carbocycles. The first-order chi connectivity index (χ1) is 18.0. The number of nitrogens with one attached hydrogen (secondary N) is 1. The number of aromatic nitrogens is 4. The summed E-state index contributed by atoms with van der Waals surface area (Å²) in [4.78, 5) is 21.6. The minimum atomic E-state index is -4.70.